The van der Waals surface area contributed by atoms with Crippen molar-refractivity contribution >= 4 is 10.9 Å². The van der Waals surface area contributed by atoms with Crippen molar-refractivity contribution in [2.45, 2.75) is 39.3 Å². The number of piperazine rings is 1. The summed E-state index contributed by atoms with van der Waals surface area (Å²) in [6.07, 6.45) is 2.02. The first-order valence-corrected chi connectivity index (χ1v) is 9.67. The van der Waals surface area contributed by atoms with Gasteiger partial charge in [0.1, 0.15) is 5.82 Å². The molecule has 1 aliphatic rings. The summed E-state index contributed by atoms with van der Waals surface area (Å²) in [6.45, 7) is 9.67. The van der Waals surface area contributed by atoms with E-state index in [1.807, 2.05) is 12.1 Å². The van der Waals surface area contributed by atoms with E-state index in [2.05, 4.69) is 28.6 Å². The van der Waals surface area contributed by atoms with E-state index in [9.17, 15) is 9.50 Å². The number of pyridine rings is 1. The Balaban J connectivity index is 1.64. The van der Waals surface area contributed by atoms with Gasteiger partial charge in [0, 0.05) is 44.2 Å². The van der Waals surface area contributed by atoms with Crippen LogP contribution in [0.25, 0.3) is 10.9 Å². The van der Waals surface area contributed by atoms with Crippen LogP contribution in [-0.4, -0.2) is 58.7 Å². The smallest absolute Gasteiger partial charge is 0.123 e. The van der Waals surface area contributed by atoms with Gasteiger partial charge in [0.2, 0.25) is 0 Å². The molecule has 3 rings (SSSR count). The van der Waals surface area contributed by atoms with Crippen molar-refractivity contribution in [3.8, 4) is 0 Å². The standard InChI is InChI=1S/C21H30FN3O/c1-16(2)7-9-25-11-10-24(15-20(25)8-12-26)14-19-5-3-17-13-18(22)4-6-21(17)23-19/h3-6,13,16,20,26H,7-12,14-15H2,1-2H3. The molecule has 0 bridgehead atoms. The van der Waals surface area contributed by atoms with Gasteiger partial charge in [0.15, 0.2) is 0 Å². The van der Waals surface area contributed by atoms with Crippen LogP contribution < -0.4 is 0 Å². The van der Waals surface area contributed by atoms with Crippen LogP contribution >= 0.6 is 0 Å². The monoisotopic (exact) mass is 359 g/mol. The average molecular weight is 359 g/mol. The number of rotatable bonds is 7. The number of hydrogen-bond donors (Lipinski definition) is 1. The van der Waals surface area contributed by atoms with Crippen molar-refractivity contribution in [2.24, 2.45) is 5.92 Å². The molecule has 2 aromatic rings. The molecular formula is C21H30FN3O. The Labute approximate surface area is 155 Å². The molecule has 142 valence electrons. The second-order valence-corrected chi connectivity index (χ2v) is 7.76. The lowest BCUT2D eigenvalue weighted by molar-refractivity contribution is 0.0518. The summed E-state index contributed by atoms with van der Waals surface area (Å²) >= 11 is 0. The summed E-state index contributed by atoms with van der Waals surface area (Å²) < 4.78 is 13.3. The molecule has 1 aliphatic heterocycles. The molecular weight excluding hydrogens is 329 g/mol. The molecule has 0 amide bonds. The molecule has 1 saturated heterocycles. The summed E-state index contributed by atoms with van der Waals surface area (Å²) in [5.74, 6) is 0.478. The summed E-state index contributed by atoms with van der Waals surface area (Å²) in [5.41, 5.74) is 1.86. The average Bonchev–Trinajstić information content (AvgIpc) is 2.61. The summed E-state index contributed by atoms with van der Waals surface area (Å²) in [6, 6.07) is 9.08. The van der Waals surface area contributed by atoms with Crippen molar-refractivity contribution in [3.05, 3.63) is 41.8 Å². The number of fused-ring (bicyclic) bond motifs is 1. The molecule has 1 atom stereocenters. The zero-order chi connectivity index (χ0) is 18.5. The lowest BCUT2D eigenvalue weighted by atomic mass is 10.1. The minimum absolute atomic E-state index is 0.226. The van der Waals surface area contributed by atoms with Crippen molar-refractivity contribution in [1.29, 1.82) is 0 Å². The lowest BCUT2D eigenvalue weighted by Gasteiger charge is -2.41. The highest BCUT2D eigenvalue weighted by atomic mass is 19.1. The maximum atomic E-state index is 13.3. The molecule has 1 N–H and O–H groups in total. The zero-order valence-corrected chi connectivity index (χ0v) is 15.9. The zero-order valence-electron chi connectivity index (χ0n) is 15.9. The van der Waals surface area contributed by atoms with Crippen LogP contribution in [0.3, 0.4) is 0 Å². The SMILES string of the molecule is CC(C)CCN1CCN(Cc2ccc3cc(F)ccc3n2)CC1CCO. The third-order valence-corrected chi connectivity index (χ3v) is 5.24. The Bertz CT molecular complexity index is 721. The molecule has 0 saturated carbocycles. The Morgan fingerprint density at radius 3 is 2.85 bits per heavy atom. The largest absolute Gasteiger partial charge is 0.396 e. The first kappa shape index (κ1) is 19.2. The predicted molar refractivity (Wildman–Crippen MR) is 103 cm³/mol. The van der Waals surface area contributed by atoms with E-state index in [0.29, 0.717) is 12.0 Å². The van der Waals surface area contributed by atoms with Crippen LogP contribution in [0.5, 0.6) is 0 Å². The van der Waals surface area contributed by atoms with E-state index in [-0.39, 0.29) is 12.4 Å². The highest BCUT2D eigenvalue weighted by molar-refractivity contribution is 5.78. The first-order valence-electron chi connectivity index (χ1n) is 9.67. The molecule has 1 fully saturated rings. The van der Waals surface area contributed by atoms with Gasteiger partial charge in [-0.2, -0.15) is 0 Å². The van der Waals surface area contributed by atoms with Gasteiger partial charge in [-0.15, -0.1) is 0 Å². The second kappa shape index (κ2) is 8.89. The quantitative estimate of drug-likeness (QED) is 0.823. The topological polar surface area (TPSA) is 39.6 Å². The van der Waals surface area contributed by atoms with Crippen LogP contribution in [0, 0.1) is 11.7 Å². The van der Waals surface area contributed by atoms with Crippen LogP contribution in [0.2, 0.25) is 0 Å². The van der Waals surface area contributed by atoms with Gasteiger partial charge >= 0.3 is 0 Å². The molecule has 5 heteroatoms. The Hall–Kier alpha value is -1.56. The molecule has 1 aromatic heterocycles. The Kier molecular flexibility index (Phi) is 6.57. The fraction of sp³-hybridized carbons (Fsp3) is 0.571. The molecule has 2 heterocycles. The van der Waals surface area contributed by atoms with E-state index >= 15 is 0 Å². The number of hydrogen-bond acceptors (Lipinski definition) is 4. The van der Waals surface area contributed by atoms with Crippen molar-refractivity contribution in [1.82, 2.24) is 14.8 Å². The Morgan fingerprint density at radius 1 is 1.23 bits per heavy atom. The van der Waals surface area contributed by atoms with Crippen LogP contribution in [0.1, 0.15) is 32.4 Å². The Morgan fingerprint density at radius 2 is 2.08 bits per heavy atom. The normalized spacial score (nSPS) is 19.5. The van der Waals surface area contributed by atoms with Gasteiger partial charge < -0.3 is 5.11 Å². The second-order valence-electron chi connectivity index (χ2n) is 7.76. The van der Waals surface area contributed by atoms with Gasteiger partial charge in [0.05, 0.1) is 11.2 Å². The number of aliphatic hydroxyl groups is 1. The highest BCUT2D eigenvalue weighted by Crippen LogP contribution is 2.19. The summed E-state index contributed by atoms with van der Waals surface area (Å²) in [4.78, 5) is 9.64. The number of halogens is 1. The molecule has 1 aromatic carbocycles. The van der Waals surface area contributed by atoms with Crippen LogP contribution in [0.15, 0.2) is 30.3 Å². The maximum absolute atomic E-state index is 13.3. The van der Waals surface area contributed by atoms with Crippen molar-refractivity contribution in [3.63, 3.8) is 0 Å². The van der Waals surface area contributed by atoms with Crippen LogP contribution in [0.4, 0.5) is 4.39 Å². The number of aliphatic hydroxyl groups excluding tert-OH is 1. The molecule has 4 nitrogen and oxygen atoms in total. The summed E-state index contributed by atoms with van der Waals surface area (Å²) in [5, 5.41) is 10.3. The van der Waals surface area contributed by atoms with Gasteiger partial charge in [-0.3, -0.25) is 14.8 Å². The number of benzene rings is 1. The van der Waals surface area contributed by atoms with E-state index in [1.54, 1.807) is 6.07 Å². The number of aromatic nitrogens is 1. The van der Waals surface area contributed by atoms with Crippen molar-refractivity contribution < 1.29 is 9.50 Å². The predicted octanol–water partition coefficient (Wildman–Crippen LogP) is 3.29. The van der Waals surface area contributed by atoms with E-state index < -0.39 is 0 Å². The number of nitrogens with zero attached hydrogens (tertiary/aromatic N) is 3. The van der Waals surface area contributed by atoms with Gasteiger partial charge in [0.25, 0.3) is 0 Å². The third kappa shape index (κ3) is 5.00. The van der Waals surface area contributed by atoms with Gasteiger partial charge in [-0.05, 0) is 49.6 Å². The molecule has 0 aliphatic carbocycles. The maximum Gasteiger partial charge on any atom is 0.123 e. The fourth-order valence-electron chi connectivity index (χ4n) is 3.70. The lowest BCUT2D eigenvalue weighted by Crippen LogP contribution is -2.53. The van der Waals surface area contributed by atoms with Gasteiger partial charge in [-0.25, -0.2) is 4.39 Å². The van der Waals surface area contributed by atoms with E-state index in [0.717, 1.165) is 55.7 Å². The van der Waals surface area contributed by atoms with Crippen molar-refractivity contribution in [2.75, 3.05) is 32.8 Å². The first-order chi connectivity index (χ1) is 12.5. The van der Waals surface area contributed by atoms with E-state index in [1.165, 1.54) is 18.6 Å². The van der Waals surface area contributed by atoms with Gasteiger partial charge in [-0.1, -0.05) is 19.9 Å². The molecule has 0 spiro atoms. The minimum atomic E-state index is -0.226. The summed E-state index contributed by atoms with van der Waals surface area (Å²) in [7, 11) is 0. The minimum Gasteiger partial charge on any atom is -0.396 e. The molecule has 1 unspecified atom stereocenters. The molecule has 26 heavy (non-hydrogen) atoms. The van der Waals surface area contributed by atoms with Crippen LogP contribution in [-0.2, 0) is 6.54 Å². The fourth-order valence-corrected chi connectivity index (χ4v) is 3.70. The molecule has 0 radical (unpaired) electrons. The third-order valence-electron chi connectivity index (χ3n) is 5.24. The highest BCUT2D eigenvalue weighted by Gasteiger charge is 2.26. The van der Waals surface area contributed by atoms with E-state index in [4.69, 9.17) is 0 Å².